The van der Waals surface area contributed by atoms with E-state index in [2.05, 4.69) is 26.3 Å². The maximum atomic E-state index is 13.2. The topological polar surface area (TPSA) is 50.1 Å². The Morgan fingerprint density at radius 1 is 1.50 bits per heavy atom. The van der Waals surface area contributed by atoms with Gasteiger partial charge in [0.25, 0.3) is 0 Å². The number of hydrogen-bond acceptors (Lipinski definition) is 3. The summed E-state index contributed by atoms with van der Waals surface area (Å²) in [6.45, 7) is 2.48. The van der Waals surface area contributed by atoms with Crippen molar-refractivity contribution >= 4 is 15.9 Å². The number of aromatic nitrogens is 2. The zero-order valence-corrected chi connectivity index (χ0v) is 13.0. The molecule has 0 amide bonds. The van der Waals surface area contributed by atoms with Crippen molar-refractivity contribution in [3.8, 4) is 0 Å². The van der Waals surface area contributed by atoms with Crippen molar-refractivity contribution in [1.29, 1.82) is 0 Å². The highest BCUT2D eigenvalue weighted by atomic mass is 79.9. The highest BCUT2D eigenvalue weighted by Gasteiger charge is 2.23. The van der Waals surface area contributed by atoms with E-state index in [1.165, 1.54) is 12.1 Å². The Bertz CT molecular complexity index is 598. The number of aliphatic hydroxyl groups is 1. The van der Waals surface area contributed by atoms with Crippen LogP contribution < -0.4 is 5.32 Å². The van der Waals surface area contributed by atoms with Crippen molar-refractivity contribution in [2.45, 2.75) is 19.1 Å². The molecule has 1 aromatic carbocycles. The first-order chi connectivity index (χ1) is 9.38. The molecule has 1 aromatic heterocycles. The van der Waals surface area contributed by atoms with Gasteiger partial charge in [0.15, 0.2) is 0 Å². The van der Waals surface area contributed by atoms with Gasteiger partial charge in [-0.3, -0.25) is 4.68 Å². The average molecular weight is 342 g/mol. The lowest BCUT2D eigenvalue weighted by molar-refractivity contribution is 0.0562. The van der Waals surface area contributed by atoms with Gasteiger partial charge in [-0.1, -0.05) is 12.1 Å². The molecule has 6 heteroatoms. The van der Waals surface area contributed by atoms with Gasteiger partial charge in [0.2, 0.25) is 0 Å². The summed E-state index contributed by atoms with van der Waals surface area (Å²) < 4.78 is 15.8. The minimum absolute atomic E-state index is 0.305. The molecule has 0 saturated carbocycles. The lowest BCUT2D eigenvalue weighted by Crippen LogP contribution is -2.35. The molecule has 2 aromatic rings. The Morgan fingerprint density at radius 3 is 2.85 bits per heavy atom. The van der Waals surface area contributed by atoms with E-state index in [9.17, 15) is 9.50 Å². The van der Waals surface area contributed by atoms with Crippen molar-refractivity contribution in [2.75, 3.05) is 6.54 Å². The van der Waals surface area contributed by atoms with Crippen LogP contribution in [0, 0.1) is 5.82 Å². The first-order valence-corrected chi connectivity index (χ1v) is 7.05. The second kappa shape index (κ2) is 6.03. The number of hydrogen-bond donors (Lipinski definition) is 2. The zero-order valence-electron chi connectivity index (χ0n) is 11.4. The van der Waals surface area contributed by atoms with Gasteiger partial charge in [-0.25, -0.2) is 4.39 Å². The molecule has 0 aliphatic heterocycles. The summed E-state index contributed by atoms with van der Waals surface area (Å²) in [6, 6.07) is 6.01. The average Bonchev–Trinajstić information content (AvgIpc) is 2.68. The van der Waals surface area contributed by atoms with Crippen molar-refractivity contribution in [3.05, 3.63) is 52.0 Å². The second-order valence-electron chi connectivity index (χ2n) is 4.99. The van der Waals surface area contributed by atoms with Crippen LogP contribution >= 0.6 is 15.9 Å². The molecule has 0 spiro atoms. The van der Waals surface area contributed by atoms with Crippen LogP contribution in [0.4, 0.5) is 4.39 Å². The van der Waals surface area contributed by atoms with Gasteiger partial charge in [0, 0.05) is 26.3 Å². The predicted molar refractivity (Wildman–Crippen MR) is 78.6 cm³/mol. The molecule has 0 aliphatic rings. The van der Waals surface area contributed by atoms with Crippen LogP contribution in [0.1, 0.15) is 18.2 Å². The van der Waals surface area contributed by atoms with Crippen LogP contribution in [0.2, 0.25) is 0 Å². The molecule has 1 heterocycles. The minimum Gasteiger partial charge on any atom is -0.384 e. The Hall–Kier alpha value is -1.24. The third-order valence-electron chi connectivity index (χ3n) is 3.06. The van der Waals surface area contributed by atoms with Gasteiger partial charge in [-0.2, -0.15) is 5.10 Å². The van der Waals surface area contributed by atoms with Gasteiger partial charge in [0.05, 0.1) is 15.8 Å². The van der Waals surface area contributed by atoms with Crippen LogP contribution in [0.5, 0.6) is 0 Å². The number of nitrogens with zero attached hydrogens (tertiary/aromatic N) is 2. The van der Waals surface area contributed by atoms with Crippen LogP contribution in [0.3, 0.4) is 0 Å². The lowest BCUT2D eigenvalue weighted by Gasteiger charge is -2.24. The Labute approximate surface area is 125 Å². The number of nitrogens with one attached hydrogen (secondary N) is 1. The fourth-order valence-corrected chi connectivity index (χ4v) is 2.49. The summed E-state index contributed by atoms with van der Waals surface area (Å²) in [5.74, 6) is -0.352. The van der Waals surface area contributed by atoms with E-state index in [1.807, 2.05) is 13.2 Å². The molecule has 0 aliphatic carbocycles. The number of rotatable bonds is 5. The normalized spacial score (nSPS) is 14.2. The Balaban J connectivity index is 1.97. The Morgan fingerprint density at radius 2 is 2.25 bits per heavy atom. The largest absolute Gasteiger partial charge is 0.384 e. The van der Waals surface area contributed by atoms with E-state index >= 15 is 0 Å². The number of halogens is 2. The quantitative estimate of drug-likeness (QED) is 0.877. The summed E-state index contributed by atoms with van der Waals surface area (Å²) >= 11 is 3.42. The molecular formula is C14H17BrFN3O. The summed E-state index contributed by atoms with van der Waals surface area (Å²) in [5, 5.41) is 17.8. The Kier molecular flexibility index (Phi) is 4.57. The molecule has 0 radical (unpaired) electrons. The molecule has 20 heavy (non-hydrogen) atoms. The van der Waals surface area contributed by atoms with Crippen molar-refractivity contribution < 1.29 is 9.50 Å². The summed E-state index contributed by atoms with van der Waals surface area (Å²) in [7, 11) is 1.84. The molecule has 0 bridgehead atoms. The molecule has 108 valence electrons. The van der Waals surface area contributed by atoms with E-state index < -0.39 is 5.60 Å². The standard InChI is InChI=1S/C14H17BrFN3O/c1-14(20,10-4-3-5-11(16)6-10)9-17-7-13-12(15)8-19(2)18-13/h3-6,8,17,20H,7,9H2,1-2H3. The van der Waals surface area contributed by atoms with Gasteiger partial charge < -0.3 is 10.4 Å². The van der Waals surface area contributed by atoms with Crippen LogP contribution in [-0.2, 0) is 19.2 Å². The monoisotopic (exact) mass is 341 g/mol. The number of aryl methyl sites for hydroxylation is 1. The van der Waals surface area contributed by atoms with Crippen molar-refractivity contribution in [1.82, 2.24) is 15.1 Å². The van der Waals surface area contributed by atoms with Crippen LogP contribution in [-0.4, -0.2) is 21.4 Å². The zero-order chi connectivity index (χ0) is 14.8. The van der Waals surface area contributed by atoms with E-state index in [4.69, 9.17) is 0 Å². The molecule has 2 N–H and O–H groups in total. The highest BCUT2D eigenvalue weighted by molar-refractivity contribution is 9.10. The van der Waals surface area contributed by atoms with E-state index in [0.717, 1.165) is 10.2 Å². The molecular weight excluding hydrogens is 325 g/mol. The van der Waals surface area contributed by atoms with E-state index in [0.29, 0.717) is 18.7 Å². The fraction of sp³-hybridized carbons (Fsp3) is 0.357. The van der Waals surface area contributed by atoms with Gasteiger partial charge >= 0.3 is 0 Å². The van der Waals surface area contributed by atoms with Gasteiger partial charge in [-0.15, -0.1) is 0 Å². The first-order valence-electron chi connectivity index (χ1n) is 6.25. The maximum Gasteiger partial charge on any atom is 0.123 e. The molecule has 0 saturated heterocycles. The van der Waals surface area contributed by atoms with Gasteiger partial charge in [-0.05, 0) is 40.5 Å². The molecule has 2 rings (SSSR count). The lowest BCUT2D eigenvalue weighted by atomic mass is 9.96. The second-order valence-corrected chi connectivity index (χ2v) is 5.84. The van der Waals surface area contributed by atoms with Crippen LogP contribution in [0.25, 0.3) is 0 Å². The summed E-state index contributed by atoms with van der Waals surface area (Å²) in [6.07, 6.45) is 1.86. The maximum absolute atomic E-state index is 13.2. The molecule has 4 nitrogen and oxygen atoms in total. The highest BCUT2D eigenvalue weighted by Crippen LogP contribution is 2.21. The third kappa shape index (κ3) is 3.65. The summed E-state index contributed by atoms with van der Waals surface area (Å²) in [4.78, 5) is 0. The van der Waals surface area contributed by atoms with Crippen LogP contribution in [0.15, 0.2) is 34.9 Å². The van der Waals surface area contributed by atoms with E-state index in [1.54, 1.807) is 23.7 Å². The predicted octanol–water partition coefficient (Wildman–Crippen LogP) is 2.32. The fourth-order valence-electron chi connectivity index (χ4n) is 1.98. The molecule has 0 fully saturated rings. The van der Waals surface area contributed by atoms with E-state index in [-0.39, 0.29) is 5.82 Å². The summed E-state index contributed by atoms with van der Waals surface area (Å²) in [5.41, 5.74) is 0.274. The third-order valence-corrected chi connectivity index (χ3v) is 3.72. The minimum atomic E-state index is -1.14. The first kappa shape index (κ1) is 15.2. The smallest absolute Gasteiger partial charge is 0.123 e. The SMILES string of the molecule is Cn1cc(Br)c(CNCC(C)(O)c2cccc(F)c2)n1. The van der Waals surface area contributed by atoms with Crippen molar-refractivity contribution in [3.63, 3.8) is 0 Å². The number of benzene rings is 1. The van der Waals surface area contributed by atoms with Crippen molar-refractivity contribution in [2.24, 2.45) is 7.05 Å². The molecule has 1 unspecified atom stereocenters. The van der Waals surface area contributed by atoms with Gasteiger partial charge in [0.1, 0.15) is 5.82 Å². The molecule has 1 atom stereocenters.